The Balaban J connectivity index is 2.11. The van der Waals surface area contributed by atoms with E-state index in [0.29, 0.717) is 6.54 Å². The predicted molar refractivity (Wildman–Crippen MR) is 101 cm³/mol. The van der Waals surface area contributed by atoms with Crippen molar-refractivity contribution in [2.75, 3.05) is 0 Å². The molecule has 2 rings (SSSR count). The van der Waals surface area contributed by atoms with Crippen molar-refractivity contribution < 1.29 is 8.78 Å². The lowest BCUT2D eigenvalue weighted by Gasteiger charge is -2.11. The summed E-state index contributed by atoms with van der Waals surface area (Å²) in [6.45, 7) is 5.75. The van der Waals surface area contributed by atoms with E-state index in [9.17, 15) is 8.78 Å². The fourth-order valence-corrected chi connectivity index (χ4v) is 2.40. The second kappa shape index (κ2) is 8.61. The SMILES string of the molecule is CC/C(C)=C/C(=C\NCc1ccc(C(C)(F)F)cc1)c1ccccc1. The van der Waals surface area contributed by atoms with Gasteiger partial charge in [0.25, 0.3) is 5.92 Å². The van der Waals surface area contributed by atoms with Gasteiger partial charge in [0.15, 0.2) is 0 Å². The van der Waals surface area contributed by atoms with Crippen LogP contribution in [0.15, 0.2) is 72.4 Å². The quantitative estimate of drug-likeness (QED) is 0.584. The first kappa shape index (κ1) is 18.9. The predicted octanol–water partition coefficient (Wildman–Crippen LogP) is 6.29. The third kappa shape index (κ3) is 5.86. The maximum atomic E-state index is 13.3. The molecule has 0 unspecified atom stereocenters. The smallest absolute Gasteiger partial charge is 0.270 e. The molecule has 0 heterocycles. The molecule has 0 aromatic heterocycles. The Bertz CT molecular complexity index is 723. The fraction of sp³-hybridized carbons (Fsp3) is 0.273. The minimum absolute atomic E-state index is 0.0401. The number of hydrogen-bond donors (Lipinski definition) is 1. The molecule has 1 N–H and O–H groups in total. The molecular weight excluding hydrogens is 316 g/mol. The third-order valence-electron chi connectivity index (χ3n) is 4.09. The summed E-state index contributed by atoms with van der Waals surface area (Å²) in [5.41, 5.74) is 4.55. The minimum atomic E-state index is -2.80. The van der Waals surface area contributed by atoms with Gasteiger partial charge in [-0.25, -0.2) is 8.78 Å². The average molecular weight is 341 g/mol. The lowest BCUT2D eigenvalue weighted by molar-refractivity contribution is 0.0174. The van der Waals surface area contributed by atoms with Crippen LogP contribution in [-0.2, 0) is 12.5 Å². The van der Waals surface area contributed by atoms with Crippen molar-refractivity contribution in [3.8, 4) is 0 Å². The number of halogens is 2. The molecule has 132 valence electrons. The Morgan fingerprint density at radius 2 is 1.68 bits per heavy atom. The Labute approximate surface area is 149 Å². The maximum absolute atomic E-state index is 13.3. The Kier molecular flexibility index (Phi) is 6.51. The highest BCUT2D eigenvalue weighted by Crippen LogP contribution is 2.26. The molecule has 2 aromatic carbocycles. The van der Waals surface area contributed by atoms with Crippen LogP contribution in [0.1, 0.15) is 43.9 Å². The van der Waals surface area contributed by atoms with E-state index in [-0.39, 0.29) is 5.56 Å². The zero-order valence-electron chi connectivity index (χ0n) is 15.0. The number of benzene rings is 2. The van der Waals surface area contributed by atoms with Crippen molar-refractivity contribution in [1.82, 2.24) is 5.32 Å². The largest absolute Gasteiger partial charge is 0.386 e. The molecule has 2 aromatic rings. The van der Waals surface area contributed by atoms with E-state index in [1.165, 1.54) is 17.7 Å². The average Bonchev–Trinajstić information content (AvgIpc) is 2.61. The van der Waals surface area contributed by atoms with Gasteiger partial charge in [0.1, 0.15) is 0 Å². The summed E-state index contributed by atoms with van der Waals surface area (Å²) in [5.74, 6) is -2.80. The van der Waals surface area contributed by atoms with E-state index in [0.717, 1.165) is 30.0 Å². The molecule has 0 amide bonds. The Hall–Kier alpha value is -2.42. The van der Waals surface area contributed by atoms with E-state index in [1.807, 2.05) is 24.4 Å². The van der Waals surface area contributed by atoms with Crippen molar-refractivity contribution in [2.24, 2.45) is 0 Å². The van der Waals surface area contributed by atoms with Gasteiger partial charge in [-0.3, -0.25) is 0 Å². The van der Waals surface area contributed by atoms with Crippen LogP contribution >= 0.6 is 0 Å². The Morgan fingerprint density at radius 3 is 2.24 bits per heavy atom. The molecule has 0 aliphatic carbocycles. The standard InChI is InChI=1S/C22H25F2N/c1-4-17(2)14-20(19-8-6-5-7-9-19)16-25-15-18-10-12-21(13-11-18)22(3,23)24/h5-14,16,25H,4,15H2,1-3H3/b17-14+,20-16+. The van der Waals surface area contributed by atoms with Gasteiger partial charge in [-0.2, -0.15) is 0 Å². The molecule has 25 heavy (non-hydrogen) atoms. The molecule has 0 fully saturated rings. The molecule has 0 saturated carbocycles. The first-order valence-electron chi connectivity index (χ1n) is 8.53. The van der Waals surface area contributed by atoms with Crippen LogP contribution in [-0.4, -0.2) is 0 Å². The molecule has 0 spiro atoms. The highest BCUT2D eigenvalue weighted by atomic mass is 19.3. The van der Waals surface area contributed by atoms with Crippen molar-refractivity contribution in [1.29, 1.82) is 0 Å². The summed E-state index contributed by atoms with van der Waals surface area (Å²) < 4.78 is 26.5. The van der Waals surface area contributed by atoms with E-state index < -0.39 is 5.92 Å². The first-order chi connectivity index (χ1) is 11.9. The second-order valence-electron chi connectivity index (χ2n) is 6.28. The fourth-order valence-electron chi connectivity index (χ4n) is 2.40. The van der Waals surface area contributed by atoms with Crippen LogP contribution in [0.3, 0.4) is 0 Å². The van der Waals surface area contributed by atoms with Gasteiger partial charge in [0.2, 0.25) is 0 Å². The third-order valence-corrected chi connectivity index (χ3v) is 4.09. The van der Waals surface area contributed by atoms with Gasteiger partial charge in [0, 0.05) is 25.2 Å². The molecule has 0 atom stereocenters. The highest BCUT2D eigenvalue weighted by Gasteiger charge is 2.23. The maximum Gasteiger partial charge on any atom is 0.270 e. The van der Waals surface area contributed by atoms with Gasteiger partial charge < -0.3 is 5.32 Å². The molecule has 1 nitrogen and oxygen atoms in total. The summed E-state index contributed by atoms with van der Waals surface area (Å²) in [6.07, 6.45) is 5.15. The number of hydrogen-bond acceptors (Lipinski definition) is 1. The van der Waals surface area contributed by atoms with Crippen LogP contribution in [0.2, 0.25) is 0 Å². The van der Waals surface area contributed by atoms with Crippen LogP contribution in [0.25, 0.3) is 5.57 Å². The first-order valence-corrected chi connectivity index (χ1v) is 8.53. The van der Waals surface area contributed by atoms with Crippen LogP contribution in [0.4, 0.5) is 8.78 Å². The zero-order valence-corrected chi connectivity index (χ0v) is 15.0. The van der Waals surface area contributed by atoms with E-state index in [2.05, 4.69) is 37.4 Å². The number of allylic oxidation sites excluding steroid dienone is 3. The monoisotopic (exact) mass is 341 g/mol. The van der Waals surface area contributed by atoms with Crippen molar-refractivity contribution in [3.63, 3.8) is 0 Å². The van der Waals surface area contributed by atoms with Gasteiger partial charge in [0.05, 0.1) is 0 Å². The normalized spacial score (nSPS) is 13.0. The highest BCUT2D eigenvalue weighted by molar-refractivity contribution is 5.74. The second-order valence-corrected chi connectivity index (χ2v) is 6.28. The molecule has 3 heteroatoms. The minimum Gasteiger partial charge on any atom is -0.386 e. The van der Waals surface area contributed by atoms with Gasteiger partial charge >= 0.3 is 0 Å². The summed E-state index contributed by atoms with van der Waals surface area (Å²) in [5, 5.41) is 3.29. The number of rotatable bonds is 7. The molecule has 0 aliphatic rings. The molecule has 0 saturated heterocycles. The molecule has 0 aliphatic heterocycles. The van der Waals surface area contributed by atoms with Gasteiger partial charge in [-0.15, -0.1) is 0 Å². The van der Waals surface area contributed by atoms with E-state index in [4.69, 9.17) is 0 Å². The van der Waals surface area contributed by atoms with Crippen LogP contribution in [0, 0.1) is 0 Å². The van der Waals surface area contributed by atoms with Crippen molar-refractivity contribution in [2.45, 2.75) is 39.7 Å². The summed E-state index contributed by atoms with van der Waals surface area (Å²) in [7, 11) is 0. The van der Waals surface area contributed by atoms with Crippen molar-refractivity contribution >= 4 is 5.57 Å². The summed E-state index contributed by atoms with van der Waals surface area (Å²) in [6, 6.07) is 16.6. The van der Waals surface area contributed by atoms with Gasteiger partial charge in [-0.1, -0.05) is 73.2 Å². The number of nitrogens with one attached hydrogen (secondary N) is 1. The molecule has 0 bridgehead atoms. The van der Waals surface area contributed by atoms with Crippen LogP contribution < -0.4 is 5.32 Å². The van der Waals surface area contributed by atoms with Crippen molar-refractivity contribution in [3.05, 3.63) is 89.1 Å². The van der Waals surface area contributed by atoms with Gasteiger partial charge in [-0.05, 0) is 30.0 Å². The van der Waals surface area contributed by atoms with E-state index in [1.54, 1.807) is 12.1 Å². The lowest BCUT2D eigenvalue weighted by Crippen LogP contribution is -2.09. The van der Waals surface area contributed by atoms with Crippen LogP contribution in [0.5, 0.6) is 0 Å². The summed E-state index contributed by atoms with van der Waals surface area (Å²) in [4.78, 5) is 0. The lowest BCUT2D eigenvalue weighted by atomic mass is 10.0. The summed E-state index contributed by atoms with van der Waals surface area (Å²) >= 11 is 0. The number of alkyl halides is 2. The molecule has 0 radical (unpaired) electrons. The topological polar surface area (TPSA) is 12.0 Å². The Morgan fingerprint density at radius 1 is 1.04 bits per heavy atom. The zero-order chi connectivity index (χ0) is 18.3. The van der Waals surface area contributed by atoms with E-state index >= 15 is 0 Å². The molecular formula is C22H25F2N.